The van der Waals surface area contributed by atoms with Gasteiger partial charge in [-0.15, -0.1) is 0 Å². The van der Waals surface area contributed by atoms with E-state index in [1.54, 1.807) is 18.2 Å². The Kier molecular flexibility index (Phi) is 6.89. The summed E-state index contributed by atoms with van der Waals surface area (Å²) >= 11 is 0. The number of amides is 1. The molecule has 1 amide bonds. The molecule has 2 rings (SSSR count). The number of halogens is 2. The average Bonchev–Trinajstić information content (AvgIpc) is 2.59. The molecule has 0 spiro atoms. The third-order valence-corrected chi connectivity index (χ3v) is 3.67. The van der Waals surface area contributed by atoms with E-state index in [9.17, 15) is 18.7 Å². The zero-order chi connectivity index (χ0) is 18.2. The van der Waals surface area contributed by atoms with E-state index < -0.39 is 11.6 Å². The van der Waals surface area contributed by atoms with Crippen molar-refractivity contribution in [3.05, 3.63) is 59.2 Å². The lowest BCUT2D eigenvalue weighted by molar-refractivity contribution is -0.116. The monoisotopic (exact) mass is 349 g/mol. The second-order valence-corrected chi connectivity index (χ2v) is 5.55. The second-order valence-electron chi connectivity index (χ2n) is 5.55. The van der Waals surface area contributed by atoms with Crippen LogP contribution in [0.2, 0.25) is 0 Å². The number of aliphatic hydroxyl groups is 1. The molecule has 0 aliphatic heterocycles. The maximum absolute atomic E-state index is 13.5. The Hall–Kier alpha value is -2.47. The fraction of sp³-hybridized carbons (Fsp3) is 0.316. The Morgan fingerprint density at radius 2 is 1.96 bits per heavy atom. The molecule has 0 saturated carbocycles. The van der Waals surface area contributed by atoms with Crippen molar-refractivity contribution in [3.63, 3.8) is 0 Å². The van der Waals surface area contributed by atoms with Gasteiger partial charge in [0.15, 0.2) is 0 Å². The van der Waals surface area contributed by atoms with E-state index in [-0.39, 0.29) is 30.9 Å². The molecule has 0 radical (unpaired) electrons. The van der Waals surface area contributed by atoms with Crippen LogP contribution in [-0.2, 0) is 17.8 Å². The molecular formula is C19H21F2NO3. The van der Waals surface area contributed by atoms with Crippen molar-refractivity contribution in [2.45, 2.75) is 32.8 Å². The van der Waals surface area contributed by atoms with Crippen LogP contribution >= 0.6 is 0 Å². The number of nitrogens with one attached hydrogen (secondary N) is 1. The van der Waals surface area contributed by atoms with Crippen LogP contribution in [0.3, 0.4) is 0 Å². The third-order valence-electron chi connectivity index (χ3n) is 3.67. The molecule has 0 aliphatic rings. The summed E-state index contributed by atoms with van der Waals surface area (Å²) in [6, 6.07) is 8.32. The van der Waals surface area contributed by atoms with Gasteiger partial charge in [-0.1, -0.05) is 0 Å². The first-order chi connectivity index (χ1) is 12.0. The van der Waals surface area contributed by atoms with Gasteiger partial charge in [0.05, 0.1) is 13.2 Å². The summed E-state index contributed by atoms with van der Waals surface area (Å²) < 4.78 is 32.0. The second kappa shape index (κ2) is 9.13. The van der Waals surface area contributed by atoms with Crippen molar-refractivity contribution < 1.29 is 23.4 Å². The van der Waals surface area contributed by atoms with Crippen molar-refractivity contribution in [2.24, 2.45) is 0 Å². The van der Waals surface area contributed by atoms with Gasteiger partial charge in [0.25, 0.3) is 0 Å². The van der Waals surface area contributed by atoms with E-state index in [0.29, 0.717) is 30.0 Å². The molecule has 0 aliphatic carbocycles. The normalized spacial score (nSPS) is 10.6. The van der Waals surface area contributed by atoms with Gasteiger partial charge in [0.1, 0.15) is 17.4 Å². The number of carbonyl (C=O) groups excluding carboxylic acids is 1. The van der Waals surface area contributed by atoms with Crippen molar-refractivity contribution in [1.29, 1.82) is 0 Å². The van der Waals surface area contributed by atoms with Gasteiger partial charge in [-0.05, 0) is 61.7 Å². The Balaban J connectivity index is 1.88. The molecule has 0 bridgehead atoms. The zero-order valence-corrected chi connectivity index (χ0v) is 14.0. The molecule has 0 saturated heterocycles. The van der Waals surface area contributed by atoms with E-state index >= 15 is 0 Å². The van der Waals surface area contributed by atoms with Crippen molar-refractivity contribution in [1.82, 2.24) is 0 Å². The number of ether oxygens (including phenoxy) is 1. The number of benzene rings is 2. The van der Waals surface area contributed by atoms with Crippen LogP contribution in [0.5, 0.6) is 5.75 Å². The number of anilines is 1. The Bertz CT molecular complexity index is 735. The Labute approximate surface area is 145 Å². The van der Waals surface area contributed by atoms with Crippen LogP contribution in [0.1, 0.15) is 30.9 Å². The largest absolute Gasteiger partial charge is 0.494 e. The van der Waals surface area contributed by atoms with E-state index in [4.69, 9.17) is 4.74 Å². The zero-order valence-electron chi connectivity index (χ0n) is 14.0. The Morgan fingerprint density at radius 3 is 2.68 bits per heavy atom. The minimum absolute atomic E-state index is 0.178. The minimum atomic E-state index is -0.494. The van der Waals surface area contributed by atoms with Crippen molar-refractivity contribution in [3.8, 4) is 5.75 Å². The highest BCUT2D eigenvalue weighted by molar-refractivity contribution is 5.90. The van der Waals surface area contributed by atoms with Gasteiger partial charge in [0.2, 0.25) is 5.91 Å². The molecule has 0 unspecified atom stereocenters. The van der Waals surface area contributed by atoms with Crippen LogP contribution in [0.15, 0.2) is 36.4 Å². The number of carbonyl (C=O) groups is 1. The maximum atomic E-state index is 13.5. The molecule has 2 aromatic carbocycles. The Morgan fingerprint density at radius 1 is 1.16 bits per heavy atom. The molecular weight excluding hydrogens is 328 g/mol. The fourth-order valence-corrected chi connectivity index (χ4v) is 2.47. The third kappa shape index (κ3) is 5.53. The van der Waals surface area contributed by atoms with Gasteiger partial charge in [-0.3, -0.25) is 4.79 Å². The first kappa shape index (κ1) is 18.9. The molecule has 0 aromatic heterocycles. The molecule has 2 N–H and O–H groups in total. The average molecular weight is 349 g/mol. The lowest BCUT2D eigenvalue weighted by Crippen LogP contribution is -2.12. The number of aliphatic hydroxyl groups excluding tert-OH is 1. The fourth-order valence-electron chi connectivity index (χ4n) is 2.47. The lowest BCUT2D eigenvalue weighted by atomic mass is 10.1. The number of aryl methyl sites for hydroxylation is 1. The number of rotatable bonds is 8. The molecule has 0 heterocycles. The first-order valence-corrected chi connectivity index (χ1v) is 8.13. The van der Waals surface area contributed by atoms with Gasteiger partial charge < -0.3 is 15.2 Å². The molecule has 6 heteroatoms. The molecule has 25 heavy (non-hydrogen) atoms. The predicted octanol–water partition coefficient (Wildman–Crippen LogP) is 3.82. The van der Waals surface area contributed by atoms with Crippen molar-refractivity contribution >= 4 is 11.6 Å². The minimum Gasteiger partial charge on any atom is -0.494 e. The summed E-state index contributed by atoms with van der Waals surface area (Å²) in [6.45, 7) is 2.13. The van der Waals surface area contributed by atoms with Gasteiger partial charge in [0, 0.05) is 17.7 Å². The number of hydrogen-bond donors (Lipinski definition) is 2. The highest BCUT2D eigenvalue weighted by atomic mass is 19.1. The van der Waals surface area contributed by atoms with Crippen LogP contribution < -0.4 is 10.1 Å². The highest BCUT2D eigenvalue weighted by Crippen LogP contribution is 2.23. The molecule has 2 aromatic rings. The van der Waals surface area contributed by atoms with Crippen molar-refractivity contribution in [2.75, 3.05) is 11.9 Å². The lowest BCUT2D eigenvalue weighted by Gasteiger charge is -2.11. The smallest absolute Gasteiger partial charge is 0.224 e. The van der Waals surface area contributed by atoms with Gasteiger partial charge in [-0.25, -0.2) is 8.78 Å². The maximum Gasteiger partial charge on any atom is 0.224 e. The van der Waals surface area contributed by atoms with E-state index in [2.05, 4.69) is 5.32 Å². The van der Waals surface area contributed by atoms with Crippen LogP contribution in [0, 0.1) is 11.6 Å². The number of hydrogen-bond acceptors (Lipinski definition) is 3. The summed E-state index contributed by atoms with van der Waals surface area (Å²) in [5, 5.41) is 12.1. The predicted molar refractivity (Wildman–Crippen MR) is 91.5 cm³/mol. The molecule has 0 atom stereocenters. The van der Waals surface area contributed by atoms with Gasteiger partial charge >= 0.3 is 0 Å². The quantitative estimate of drug-likeness (QED) is 0.762. The van der Waals surface area contributed by atoms with Crippen LogP contribution in [0.4, 0.5) is 14.5 Å². The van der Waals surface area contributed by atoms with E-state index in [1.165, 1.54) is 0 Å². The highest BCUT2D eigenvalue weighted by Gasteiger charge is 2.09. The molecule has 4 nitrogen and oxygen atoms in total. The SMILES string of the molecule is CCOc1ccc(NC(=O)CCCc2cc(F)ccc2F)cc1CO. The van der Waals surface area contributed by atoms with Gasteiger partial charge in [-0.2, -0.15) is 0 Å². The molecule has 134 valence electrons. The summed E-state index contributed by atoms with van der Waals surface area (Å²) in [4.78, 5) is 12.0. The van der Waals surface area contributed by atoms with E-state index in [0.717, 1.165) is 18.2 Å². The van der Waals surface area contributed by atoms with E-state index in [1.807, 2.05) is 6.92 Å². The molecule has 0 fully saturated rings. The van der Waals surface area contributed by atoms with Crippen LogP contribution in [-0.4, -0.2) is 17.6 Å². The first-order valence-electron chi connectivity index (χ1n) is 8.13. The standard InChI is InChI=1S/C19H21F2NO3/c1-2-25-18-9-7-16(11-14(18)12-23)22-19(24)5-3-4-13-10-15(20)6-8-17(13)21/h6-11,23H,2-5,12H2,1H3,(H,22,24). The van der Waals surface area contributed by atoms with Crippen LogP contribution in [0.25, 0.3) is 0 Å². The summed E-state index contributed by atoms with van der Waals surface area (Å²) in [7, 11) is 0. The summed E-state index contributed by atoms with van der Waals surface area (Å²) in [5.74, 6) is -0.623. The summed E-state index contributed by atoms with van der Waals surface area (Å²) in [6.07, 6.45) is 0.857. The topological polar surface area (TPSA) is 58.6 Å². The summed E-state index contributed by atoms with van der Waals surface area (Å²) in [5.41, 5.74) is 1.40.